The molecule has 0 fully saturated rings. The van der Waals surface area contributed by atoms with Crippen LogP contribution in [0.4, 0.5) is 5.13 Å². The Labute approximate surface area is 151 Å². The van der Waals surface area contributed by atoms with E-state index >= 15 is 0 Å². The molecule has 0 unspecified atom stereocenters. The van der Waals surface area contributed by atoms with E-state index in [1.807, 2.05) is 42.5 Å². The van der Waals surface area contributed by atoms with Crippen LogP contribution in [0.15, 0.2) is 54.6 Å². The monoisotopic (exact) mass is 372 g/mol. The minimum atomic E-state index is -0.215. The number of carbonyl (C=O) groups excluding carboxylic acids is 1. The Bertz CT molecular complexity index is 1090. The van der Waals surface area contributed by atoms with Crippen molar-refractivity contribution in [1.82, 2.24) is 4.98 Å². The minimum Gasteiger partial charge on any atom is -0.298 e. The molecule has 3 nitrogen and oxygen atoms in total. The predicted molar refractivity (Wildman–Crippen MR) is 102 cm³/mol. The van der Waals surface area contributed by atoms with E-state index in [0.29, 0.717) is 20.7 Å². The van der Waals surface area contributed by atoms with Crippen molar-refractivity contribution in [3.63, 3.8) is 0 Å². The van der Waals surface area contributed by atoms with Crippen molar-refractivity contribution in [1.29, 1.82) is 0 Å². The zero-order valence-corrected chi connectivity index (χ0v) is 14.5. The van der Waals surface area contributed by atoms with E-state index in [4.69, 9.17) is 23.2 Å². The van der Waals surface area contributed by atoms with Crippen LogP contribution in [0.1, 0.15) is 10.4 Å². The molecule has 1 amide bonds. The van der Waals surface area contributed by atoms with Crippen molar-refractivity contribution < 1.29 is 4.79 Å². The molecule has 0 atom stereocenters. The predicted octanol–water partition coefficient (Wildman–Crippen LogP) is 6.01. The van der Waals surface area contributed by atoms with Gasteiger partial charge in [-0.1, -0.05) is 58.8 Å². The van der Waals surface area contributed by atoms with E-state index < -0.39 is 0 Å². The summed E-state index contributed by atoms with van der Waals surface area (Å²) < 4.78 is 0.929. The molecule has 118 valence electrons. The highest BCUT2D eigenvalue weighted by Gasteiger charge is 2.13. The van der Waals surface area contributed by atoms with Gasteiger partial charge in [-0.2, -0.15) is 0 Å². The maximum Gasteiger partial charge on any atom is 0.258 e. The van der Waals surface area contributed by atoms with Gasteiger partial charge in [-0.15, -0.1) is 0 Å². The van der Waals surface area contributed by atoms with Crippen LogP contribution >= 0.6 is 34.5 Å². The van der Waals surface area contributed by atoms with Crippen molar-refractivity contribution >= 4 is 66.6 Å². The lowest BCUT2D eigenvalue weighted by Gasteiger charge is -2.07. The number of aromatic nitrogens is 1. The summed E-state index contributed by atoms with van der Waals surface area (Å²) in [4.78, 5) is 17.1. The first-order valence-electron chi connectivity index (χ1n) is 7.16. The first kappa shape index (κ1) is 15.4. The normalized spacial score (nSPS) is 11.1. The maximum atomic E-state index is 12.7. The topological polar surface area (TPSA) is 42.0 Å². The number of hydrogen-bond acceptors (Lipinski definition) is 3. The molecule has 0 aliphatic carbocycles. The number of benzene rings is 3. The fourth-order valence-corrected chi connectivity index (χ4v) is 3.96. The minimum absolute atomic E-state index is 0.215. The van der Waals surface area contributed by atoms with Crippen molar-refractivity contribution in [3.05, 3.63) is 70.2 Å². The van der Waals surface area contributed by atoms with Crippen LogP contribution in [-0.2, 0) is 0 Å². The summed E-state index contributed by atoms with van der Waals surface area (Å²) in [7, 11) is 0. The van der Waals surface area contributed by atoms with Crippen LogP contribution in [0.25, 0.3) is 21.0 Å². The summed E-state index contributed by atoms with van der Waals surface area (Å²) in [6, 6.07) is 16.5. The van der Waals surface area contributed by atoms with Crippen molar-refractivity contribution in [2.24, 2.45) is 0 Å². The molecule has 1 N–H and O–H groups in total. The van der Waals surface area contributed by atoms with Gasteiger partial charge in [0.1, 0.15) is 0 Å². The zero-order valence-electron chi connectivity index (χ0n) is 12.2. The Morgan fingerprint density at radius 2 is 1.79 bits per heavy atom. The summed E-state index contributed by atoms with van der Waals surface area (Å²) in [5, 5.41) is 6.33. The van der Waals surface area contributed by atoms with Gasteiger partial charge in [-0.25, -0.2) is 4.98 Å². The number of nitrogens with one attached hydrogen (secondary N) is 1. The maximum absolute atomic E-state index is 12.7. The molecule has 0 bridgehead atoms. The van der Waals surface area contributed by atoms with Gasteiger partial charge >= 0.3 is 0 Å². The van der Waals surface area contributed by atoms with Crippen LogP contribution in [0.3, 0.4) is 0 Å². The molecule has 1 heterocycles. The second-order valence-electron chi connectivity index (χ2n) is 5.23. The first-order chi connectivity index (χ1) is 11.6. The van der Waals surface area contributed by atoms with Gasteiger partial charge in [0.15, 0.2) is 5.13 Å². The van der Waals surface area contributed by atoms with Gasteiger partial charge in [0.05, 0.1) is 10.2 Å². The Morgan fingerprint density at radius 1 is 1.00 bits per heavy atom. The number of halogens is 2. The quantitative estimate of drug-likeness (QED) is 0.468. The van der Waals surface area contributed by atoms with Gasteiger partial charge in [0, 0.05) is 21.0 Å². The van der Waals surface area contributed by atoms with E-state index in [2.05, 4.69) is 10.3 Å². The lowest BCUT2D eigenvalue weighted by atomic mass is 10.0. The molecule has 4 aromatic rings. The number of rotatable bonds is 2. The van der Waals surface area contributed by atoms with E-state index in [1.54, 1.807) is 12.1 Å². The fourth-order valence-electron chi connectivity index (χ4n) is 2.59. The molecule has 0 radical (unpaired) electrons. The second-order valence-corrected chi connectivity index (χ2v) is 7.10. The molecule has 3 aromatic carbocycles. The average Bonchev–Trinajstić information content (AvgIpc) is 2.96. The van der Waals surface area contributed by atoms with Crippen molar-refractivity contribution in [2.45, 2.75) is 0 Å². The Balaban J connectivity index is 1.72. The molecular weight excluding hydrogens is 363 g/mol. The van der Waals surface area contributed by atoms with Gasteiger partial charge in [0.25, 0.3) is 5.91 Å². The number of carbonyl (C=O) groups is 1. The molecule has 1 aromatic heterocycles. The standard InChI is InChI=1S/C18H10Cl2N2OS/c19-10-7-8-15-16(9-10)24-18(21-15)22-17(23)13-5-1-4-12-11(13)3-2-6-14(12)20/h1-9H,(H,21,22,23). The third kappa shape index (κ3) is 2.73. The third-order valence-corrected chi connectivity index (χ3v) is 5.18. The molecule has 24 heavy (non-hydrogen) atoms. The van der Waals surface area contributed by atoms with Crippen LogP contribution in [0.5, 0.6) is 0 Å². The summed E-state index contributed by atoms with van der Waals surface area (Å²) in [6.45, 7) is 0. The lowest BCUT2D eigenvalue weighted by molar-refractivity contribution is 0.102. The summed E-state index contributed by atoms with van der Waals surface area (Å²) in [6.07, 6.45) is 0. The number of nitrogens with zero attached hydrogens (tertiary/aromatic N) is 1. The van der Waals surface area contributed by atoms with Gasteiger partial charge < -0.3 is 0 Å². The SMILES string of the molecule is O=C(Nc1nc2ccc(Cl)cc2s1)c1cccc2c(Cl)cccc12. The molecule has 6 heteroatoms. The van der Waals surface area contributed by atoms with Crippen molar-refractivity contribution in [2.75, 3.05) is 5.32 Å². The van der Waals surface area contributed by atoms with Crippen LogP contribution in [0.2, 0.25) is 10.0 Å². The number of hydrogen-bond donors (Lipinski definition) is 1. The first-order valence-corrected chi connectivity index (χ1v) is 8.74. The second kappa shape index (κ2) is 6.06. The molecule has 0 spiro atoms. The fraction of sp³-hybridized carbons (Fsp3) is 0. The largest absolute Gasteiger partial charge is 0.298 e. The Hall–Kier alpha value is -2.14. The summed E-state index contributed by atoms with van der Waals surface area (Å²) >= 11 is 13.6. The zero-order chi connectivity index (χ0) is 16.7. The summed E-state index contributed by atoms with van der Waals surface area (Å²) in [5.74, 6) is -0.215. The van der Waals surface area contributed by atoms with Crippen LogP contribution < -0.4 is 5.32 Å². The number of fused-ring (bicyclic) bond motifs is 2. The molecular formula is C18H10Cl2N2OS. The molecule has 0 saturated heterocycles. The van der Waals surface area contributed by atoms with Gasteiger partial charge in [0.2, 0.25) is 0 Å². The number of thiazole rings is 1. The molecule has 4 rings (SSSR count). The van der Waals surface area contributed by atoms with Crippen LogP contribution in [-0.4, -0.2) is 10.9 Å². The highest BCUT2D eigenvalue weighted by Crippen LogP contribution is 2.30. The van der Waals surface area contributed by atoms with E-state index in [1.165, 1.54) is 11.3 Å². The smallest absolute Gasteiger partial charge is 0.258 e. The average molecular weight is 373 g/mol. The van der Waals surface area contributed by atoms with Gasteiger partial charge in [-0.3, -0.25) is 10.1 Å². The van der Waals surface area contributed by atoms with E-state index in [9.17, 15) is 4.79 Å². The number of anilines is 1. The molecule has 0 aliphatic heterocycles. The van der Waals surface area contributed by atoms with Crippen molar-refractivity contribution in [3.8, 4) is 0 Å². The van der Waals surface area contributed by atoms with Gasteiger partial charge in [-0.05, 0) is 35.7 Å². The molecule has 0 aliphatic rings. The highest BCUT2D eigenvalue weighted by molar-refractivity contribution is 7.22. The Kier molecular flexibility index (Phi) is 3.88. The van der Waals surface area contributed by atoms with Crippen LogP contribution in [0, 0.1) is 0 Å². The third-order valence-electron chi connectivity index (χ3n) is 3.68. The lowest BCUT2D eigenvalue weighted by Crippen LogP contribution is -2.12. The van der Waals surface area contributed by atoms with E-state index in [-0.39, 0.29) is 5.91 Å². The highest BCUT2D eigenvalue weighted by atomic mass is 35.5. The Morgan fingerprint density at radius 3 is 2.67 bits per heavy atom. The van der Waals surface area contributed by atoms with E-state index in [0.717, 1.165) is 21.0 Å². The number of amides is 1. The summed E-state index contributed by atoms with van der Waals surface area (Å²) in [5.41, 5.74) is 1.37. The molecule has 0 saturated carbocycles.